The Bertz CT molecular complexity index is 2170. The standard InChI is InChI=1S/C80H130NO8P/c1-6-8-10-12-14-16-18-20-22-24-26-28-30-32-34-36-38-40-42-44-46-48-50-52-54-56-58-60-62-64-66-68-70-72-79(82)86-76-78(77-88-90(84,85)87-75-74-81(3,4)5)89-80(83)73-71-69-67-65-63-61-59-57-55-53-51-49-47-45-43-41-39-37-35-33-31-29-27-25-23-21-19-17-15-13-11-9-7-2/h8-11,14-17,20-23,26-29,32-35,38-41,45,47,51,53,57,59,78H,6-7,12-13,18-19,24-25,30-31,36-37,42-44,46,48-50,52,54-56,58,60-77H2,1-5H3/p+1/b10-8-,11-9-,16-14-,17-15-,22-20-,23-21-,28-26-,29-27-,34-32-,35-33-,40-38-,41-39-,47-45-,53-51-,59-57-. The van der Waals surface area contributed by atoms with E-state index in [1.54, 1.807) is 0 Å². The smallest absolute Gasteiger partial charge is 0.462 e. The molecule has 90 heavy (non-hydrogen) atoms. The fourth-order valence-corrected chi connectivity index (χ4v) is 9.81. The Morgan fingerprint density at radius 3 is 0.889 bits per heavy atom. The molecule has 508 valence electrons. The molecular formula is C80H131NO8P+. The van der Waals surface area contributed by atoms with E-state index in [0.29, 0.717) is 17.4 Å². The molecule has 0 aromatic carbocycles. The van der Waals surface area contributed by atoms with Gasteiger partial charge in [0.1, 0.15) is 19.8 Å². The molecule has 0 amide bonds. The number of esters is 2. The zero-order chi connectivity index (χ0) is 65.5. The van der Waals surface area contributed by atoms with E-state index in [9.17, 15) is 19.0 Å². The van der Waals surface area contributed by atoms with Crippen LogP contribution < -0.4 is 0 Å². The van der Waals surface area contributed by atoms with E-state index >= 15 is 0 Å². The highest BCUT2D eigenvalue weighted by Crippen LogP contribution is 2.43. The Morgan fingerprint density at radius 2 is 0.600 bits per heavy atom. The number of likely N-dealkylation sites (N-methyl/N-ethyl adjacent to an activating group) is 1. The topological polar surface area (TPSA) is 108 Å². The first-order valence-corrected chi connectivity index (χ1v) is 37.0. The molecule has 0 bridgehead atoms. The van der Waals surface area contributed by atoms with Crippen molar-refractivity contribution >= 4 is 19.8 Å². The van der Waals surface area contributed by atoms with Gasteiger partial charge >= 0.3 is 19.8 Å². The summed E-state index contributed by atoms with van der Waals surface area (Å²) in [5, 5.41) is 0. The minimum Gasteiger partial charge on any atom is -0.462 e. The molecule has 0 heterocycles. The summed E-state index contributed by atoms with van der Waals surface area (Å²) in [6.45, 7) is 4.17. The van der Waals surface area contributed by atoms with Gasteiger partial charge in [-0.3, -0.25) is 18.6 Å². The van der Waals surface area contributed by atoms with Gasteiger partial charge in [0, 0.05) is 12.8 Å². The van der Waals surface area contributed by atoms with Gasteiger partial charge in [0.2, 0.25) is 0 Å². The fraction of sp³-hybridized carbons (Fsp3) is 0.600. The van der Waals surface area contributed by atoms with Gasteiger partial charge in [-0.2, -0.15) is 0 Å². The second-order valence-electron chi connectivity index (χ2n) is 24.2. The maximum absolute atomic E-state index is 12.9. The Balaban J connectivity index is 4.16. The monoisotopic (exact) mass is 1260 g/mol. The van der Waals surface area contributed by atoms with Gasteiger partial charge in [-0.05, 0) is 135 Å². The lowest BCUT2D eigenvalue weighted by Crippen LogP contribution is -2.37. The number of hydrogen-bond acceptors (Lipinski definition) is 7. The minimum absolute atomic E-state index is 0.0181. The van der Waals surface area contributed by atoms with E-state index in [-0.39, 0.29) is 32.0 Å². The van der Waals surface area contributed by atoms with E-state index in [0.717, 1.165) is 148 Å². The highest BCUT2D eigenvalue weighted by Gasteiger charge is 2.27. The van der Waals surface area contributed by atoms with Crippen LogP contribution in [0.15, 0.2) is 182 Å². The van der Waals surface area contributed by atoms with E-state index in [2.05, 4.69) is 196 Å². The highest BCUT2D eigenvalue weighted by atomic mass is 31.2. The third-order valence-electron chi connectivity index (χ3n) is 14.4. The lowest BCUT2D eigenvalue weighted by atomic mass is 10.0. The number of unbranched alkanes of at least 4 members (excludes halogenated alkanes) is 19. The highest BCUT2D eigenvalue weighted by molar-refractivity contribution is 7.47. The van der Waals surface area contributed by atoms with Crippen molar-refractivity contribution in [1.29, 1.82) is 0 Å². The van der Waals surface area contributed by atoms with Crippen molar-refractivity contribution in [2.24, 2.45) is 0 Å². The molecule has 0 spiro atoms. The lowest BCUT2D eigenvalue weighted by Gasteiger charge is -2.24. The van der Waals surface area contributed by atoms with Crippen molar-refractivity contribution in [3.63, 3.8) is 0 Å². The Morgan fingerprint density at radius 1 is 0.344 bits per heavy atom. The average molecular weight is 1270 g/mol. The van der Waals surface area contributed by atoms with Crippen LogP contribution in [0.1, 0.15) is 258 Å². The van der Waals surface area contributed by atoms with Gasteiger partial charge in [-0.1, -0.05) is 292 Å². The number of carbonyl (C=O) groups excluding carboxylic acids is 2. The normalized spacial score (nSPS) is 14.2. The number of hydrogen-bond donors (Lipinski definition) is 1. The molecule has 0 saturated carbocycles. The molecule has 10 heteroatoms. The molecule has 0 aromatic heterocycles. The third kappa shape index (κ3) is 72.2. The molecular weight excluding hydrogens is 1130 g/mol. The zero-order valence-electron chi connectivity index (χ0n) is 57.8. The number of allylic oxidation sites excluding steroid dienone is 30. The maximum atomic E-state index is 12.9. The Labute approximate surface area is 552 Å². The van der Waals surface area contributed by atoms with Crippen LogP contribution in [0.25, 0.3) is 0 Å². The second-order valence-corrected chi connectivity index (χ2v) is 25.6. The van der Waals surface area contributed by atoms with Gasteiger partial charge in [0.15, 0.2) is 6.10 Å². The molecule has 1 N–H and O–H groups in total. The minimum atomic E-state index is -4.41. The van der Waals surface area contributed by atoms with Crippen LogP contribution in [0.3, 0.4) is 0 Å². The summed E-state index contributed by atoms with van der Waals surface area (Å²) in [5.74, 6) is -0.830. The molecule has 2 unspecified atom stereocenters. The van der Waals surface area contributed by atoms with Crippen LogP contribution in [0.4, 0.5) is 0 Å². The van der Waals surface area contributed by atoms with E-state index in [1.165, 1.54) is 77.0 Å². The third-order valence-corrected chi connectivity index (χ3v) is 15.4. The summed E-state index contributed by atoms with van der Waals surface area (Å²) in [5.41, 5.74) is 0. The van der Waals surface area contributed by atoms with Crippen LogP contribution in [-0.2, 0) is 32.7 Å². The van der Waals surface area contributed by atoms with Gasteiger partial charge in [-0.25, -0.2) is 4.57 Å². The summed E-state index contributed by atoms with van der Waals surface area (Å²) < 4.78 is 34.7. The summed E-state index contributed by atoms with van der Waals surface area (Å²) in [6.07, 6.45) is 106. The molecule has 2 atom stereocenters. The Kier molecular flexibility index (Phi) is 64.8. The number of nitrogens with zero attached hydrogens (tertiary/aromatic N) is 1. The summed E-state index contributed by atoms with van der Waals surface area (Å²) in [7, 11) is 1.44. The first-order chi connectivity index (χ1) is 44.0. The van der Waals surface area contributed by atoms with Gasteiger partial charge in [0.05, 0.1) is 27.7 Å². The summed E-state index contributed by atoms with van der Waals surface area (Å²) >= 11 is 0. The SMILES string of the molecule is CC/C=C\C/C=C\C/C=C\C/C=C\C/C=C\C/C=C\C/C=C\C/C=C\C/C=C\CCCCCCCC(=O)OC(COC(=O)CCCCCCCCCCCCCCCC/C=C\C/C=C\C/C=C\C/C=C\C/C=C\C/C=C\CC)COP(=O)(O)OCC[N+](C)(C)C. The van der Waals surface area contributed by atoms with E-state index < -0.39 is 26.5 Å². The van der Waals surface area contributed by atoms with Crippen LogP contribution in [0.2, 0.25) is 0 Å². The molecule has 0 aliphatic carbocycles. The van der Waals surface area contributed by atoms with Crippen LogP contribution in [0.5, 0.6) is 0 Å². The molecule has 0 radical (unpaired) electrons. The average Bonchev–Trinajstić information content (AvgIpc) is 3.58. The molecule has 0 fully saturated rings. The van der Waals surface area contributed by atoms with Crippen molar-refractivity contribution in [2.75, 3.05) is 47.5 Å². The second kappa shape index (κ2) is 68.5. The summed E-state index contributed by atoms with van der Waals surface area (Å²) in [4.78, 5) is 35.9. The summed E-state index contributed by atoms with van der Waals surface area (Å²) in [6, 6.07) is 0. The number of phosphoric ester groups is 1. The van der Waals surface area contributed by atoms with Crippen LogP contribution in [-0.4, -0.2) is 74.9 Å². The zero-order valence-corrected chi connectivity index (χ0v) is 58.7. The van der Waals surface area contributed by atoms with Gasteiger partial charge in [0.25, 0.3) is 0 Å². The Hall–Kier alpha value is -4.89. The van der Waals surface area contributed by atoms with Crippen molar-refractivity contribution in [1.82, 2.24) is 0 Å². The van der Waals surface area contributed by atoms with Crippen LogP contribution >= 0.6 is 7.82 Å². The van der Waals surface area contributed by atoms with Crippen molar-refractivity contribution < 1.29 is 42.1 Å². The first-order valence-electron chi connectivity index (χ1n) is 35.5. The van der Waals surface area contributed by atoms with Crippen molar-refractivity contribution in [3.05, 3.63) is 182 Å². The first kappa shape index (κ1) is 85.1. The predicted molar refractivity (Wildman–Crippen MR) is 389 cm³/mol. The lowest BCUT2D eigenvalue weighted by molar-refractivity contribution is -0.870. The molecule has 0 rings (SSSR count). The maximum Gasteiger partial charge on any atom is 0.472 e. The van der Waals surface area contributed by atoms with E-state index in [4.69, 9.17) is 18.5 Å². The molecule has 9 nitrogen and oxygen atoms in total. The van der Waals surface area contributed by atoms with Gasteiger partial charge in [-0.15, -0.1) is 0 Å². The molecule has 0 aliphatic rings. The number of quaternary nitrogens is 1. The van der Waals surface area contributed by atoms with Crippen molar-refractivity contribution in [2.45, 2.75) is 264 Å². The molecule has 0 aliphatic heterocycles. The van der Waals surface area contributed by atoms with E-state index in [1.807, 2.05) is 21.1 Å². The van der Waals surface area contributed by atoms with Gasteiger partial charge < -0.3 is 18.9 Å². The number of phosphoric acid groups is 1. The molecule has 0 saturated heterocycles. The number of ether oxygens (including phenoxy) is 2. The molecule has 0 aromatic rings. The number of carbonyl (C=O) groups is 2. The van der Waals surface area contributed by atoms with Crippen molar-refractivity contribution in [3.8, 4) is 0 Å². The van der Waals surface area contributed by atoms with Crippen LogP contribution in [0, 0.1) is 0 Å². The quantitative estimate of drug-likeness (QED) is 0.0211. The largest absolute Gasteiger partial charge is 0.472 e. The number of rotatable bonds is 63. The fourth-order valence-electron chi connectivity index (χ4n) is 9.07. The predicted octanol–water partition coefficient (Wildman–Crippen LogP) is 23.5.